The molecule has 1 aromatic carbocycles. The van der Waals surface area contributed by atoms with E-state index in [0.717, 1.165) is 88.3 Å². The second-order valence-electron chi connectivity index (χ2n) is 27.7. The Balaban J connectivity index is 0.000000228. The molecule has 9 rings (SSSR count). The minimum Gasteiger partial charge on any atom is -0.456 e. The number of ketones is 1. The molecule has 3 amide bonds. The number of esters is 4. The maximum Gasteiger partial charge on any atom is 0.433 e. The molecule has 21 nitrogen and oxygen atoms in total. The van der Waals surface area contributed by atoms with Gasteiger partial charge < -0.3 is 43.6 Å². The molecule has 2 N–H and O–H groups in total. The fraction of sp³-hybridized carbons (Fsp3) is 0.700. The summed E-state index contributed by atoms with van der Waals surface area (Å²) in [5.74, 6) is -1.22. The number of likely N-dealkylation sites (tertiary alicyclic amines) is 1. The van der Waals surface area contributed by atoms with Crippen molar-refractivity contribution < 1.29 is 71.4 Å². The molecule has 0 radical (unpaired) electrons. The Morgan fingerprint density at radius 2 is 1.05 bits per heavy atom. The summed E-state index contributed by atoms with van der Waals surface area (Å²) in [7, 11) is 0. The lowest BCUT2D eigenvalue weighted by molar-refractivity contribution is -0.402. The van der Waals surface area contributed by atoms with Crippen molar-refractivity contribution >= 4 is 64.6 Å². The van der Waals surface area contributed by atoms with Crippen molar-refractivity contribution in [2.45, 2.75) is 217 Å². The van der Waals surface area contributed by atoms with Crippen molar-refractivity contribution in [3.05, 3.63) is 68.7 Å². The standard InChI is InChI=1S/C22H27NO3S.C20H28N2O7.C15H25NO3.C12H21NO3.CH4/c1-14(2)17-10-9-15(3)11-20(17)26-22(25)19(24)12-21-23-18(13-27-21)16-7-5-4-6-8-16;1-12(2)15-6-5-13(3)9-16(15)29-20(24)18(23)21-7-4-8-27-19(21)14-10-17(22(25)26)28-11-14;1-10(2)12-6-5-11(3)9-13(12)19-15(18)14(17)16-7-4-8-16;1-7(2)9-5-4-8(3)6-10(9)16-12(15)11(13)14;/h4-8,13-15,17,20H,9-12H2,1-3H3;10-13,15-16,19H,4-9H2,1-3H3;10-13H,4-9H2,1-3H3;7-10H,4-6H2,1-3H3,(H2,13,14);1H4/t;;;8?,9-,10?;/m...1./s1. The van der Waals surface area contributed by atoms with Gasteiger partial charge in [0.2, 0.25) is 5.78 Å². The molecule has 3 aromatic rings. The van der Waals surface area contributed by atoms with Crippen LogP contribution in [0.2, 0.25) is 0 Å². The zero-order chi connectivity index (χ0) is 66.8. The van der Waals surface area contributed by atoms with Gasteiger partial charge in [0.15, 0.2) is 6.23 Å². The van der Waals surface area contributed by atoms with E-state index in [1.165, 1.54) is 35.0 Å². The zero-order valence-corrected chi connectivity index (χ0v) is 56.5. The summed E-state index contributed by atoms with van der Waals surface area (Å²) in [5, 5.41) is 13.4. The van der Waals surface area contributed by atoms with E-state index >= 15 is 0 Å². The number of rotatable bonds is 14. The van der Waals surface area contributed by atoms with Gasteiger partial charge in [0, 0.05) is 36.1 Å². The molecule has 4 heterocycles. The molecule has 2 aromatic heterocycles. The van der Waals surface area contributed by atoms with E-state index in [4.69, 9.17) is 33.8 Å². The van der Waals surface area contributed by atoms with Crippen molar-refractivity contribution in [1.82, 2.24) is 14.8 Å². The van der Waals surface area contributed by atoms with Crippen molar-refractivity contribution in [2.75, 3.05) is 26.2 Å². The fourth-order valence-corrected chi connectivity index (χ4v) is 14.4. The summed E-state index contributed by atoms with van der Waals surface area (Å²) in [4.78, 5) is 113. The Labute approximate surface area is 548 Å². The van der Waals surface area contributed by atoms with Crippen LogP contribution in [0.15, 0.2) is 52.5 Å². The minimum absolute atomic E-state index is 0. The summed E-state index contributed by atoms with van der Waals surface area (Å²) in [5.41, 5.74) is 7.06. The van der Waals surface area contributed by atoms with Gasteiger partial charge in [-0.3, -0.25) is 29.3 Å². The van der Waals surface area contributed by atoms with Crippen molar-refractivity contribution in [1.29, 1.82) is 0 Å². The van der Waals surface area contributed by atoms with E-state index < -0.39 is 64.4 Å². The summed E-state index contributed by atoms with van der Waals surface area (Å²) >= 11 is 1.40. The summed E-state index contributed by atoms with van der Waals surface area (Å²) in [6.07, 6.45) is 13.2. The van der Waals surface area contributed by atoms with E-state index in [-0.39, 0.29) is 44.2 Å². The van der Waals surface area contributed by atoms with Crippen LogP contribution in [0.3, 0.4) is 0 Å². The number of furan rings is 1. The first kappa shape index (κ1) is 76.2. The molecule has 0 spiro atoms. The number of hydrogen-bond donors (Lipinski definition) is 1. The predicted molar refractivity (Wildman–Crippen MR) is 349 cm³/mol. The first-order chi connectivity index (χ1) is 43.1. The molecule has 12 unspecified atom stereocenters. The number of amides is 3. The molecular formula is C70H105N5O16S. The van der Waals surface area contributed by atoms with Gasteiger partial charge in [0.05, 0.1) is 24.8 Å². The number of carbonyl (C=O) groups excluding carboxylic acids is 8. The molecule has 6 aliphatic rings. The van der Waals surface area contributed by atoms with Gasteiger partial charge in [-0.1, -0.05) is 147 Å². The SMILES string of the molecule is C.CC1CCC(C(C)C)C(OC(=O)C(=O)Cc2nc(-c3ccccc3)cs2)C1.CC1CCC(C(C)C)C(OC(=O)C(=O)N2CCC2)C1.CC1CCC(C(C)C)C(OC(=O)C(=O)N2CCCOC2c2coc([N+](=O)[O-])c2)C1.CC1CC[C@H](C(C)C)C(OC(=O)C(N)=O)C1. The average Bonchev–Trinajstić information content (AvgIpc) is 1.43. The van der Waals surface area contributed by atoms with Crippen LogP contribution in [-0.4, -0.2) is 118 Å². The fourth-order valence-electron chi connectivity index (χ4n) is 13.6. The Morgan fingerprint density at radius 3 is 1.46 bits per heavy atom. The van der Waals surface area contributed by atoms with Crippen LogP contribution in [0.25, 0.3) is 11.3 Å². The molecule has 4 aliphatic carbocycles. The van der Waals surface area contributed by atoms with E-state index in [1.54, 1.807) is 4.90 Å². The van der Waals surface area contributed by atoms with Crippen molar-refractivity contribution in [3.8, 4) is 11.3 Å². The van der Waals surface area contributed by atoms with Gasteiger partial charge in [0.25, 0.3) is 0 Å². The molecular weight excluding hydrogens is 1200 g/mol. The Morgan fingerprint density at radius 1 is 0.620 bits per heavy atom. The number of benzene rings is 1. The van der Waals surface area contributed by atoms with Crippen LogP contribution >= 0.6 is 11.3 Å². The van der Waals surface area contributed by atoms with Crippen molar-refractivity contribution in [3.63, 3.8) is 0 Å². The van der Waals surface area contributed by atoms with E-state index in [1.807, 2.05) is 35.7 Å². The third kappa shape index (κ3) is 22.0. The monoisotopic (exact) mass is 1300 g/mol. The maximum absolute atomic E-state index is 12.9. The highest BCUT2D eigenvalue weighted by molar-refractivity contribution is 7.10. The zero-order valence-electron chi connectivity index (χ0n) is 55.7. The first-order valence-corrected chi connectivity index (χ1v) is 34.1. The number of primary amides is 1. The van der Waals surface area contributed by atoms with Crippen LogP contribution in [-0.2, 0) is 68.5 Å². The summed E-state index contributed by atoms with van der Waals surface area (Å²) in [6, 6.07) is 11.0. The number of nitrogens with zero attached hydrogens (tertiary/aromatic N) is 4. The predicted octanol–water partition coefficient (Wildman–Crippen LogP) is 12.7. The van der Waals surface area contributed by atoms with E-state index in [0.29, 0.717) is 108 Å². The lowest BCUT2D eigenvalue weighted by Gasteiger charge is -2.38. The normalized spacial score (nSPS) is 27.0. The summed E-state index contributed by atoms with van der Waals surface area (Å²) in [6.45, 7) is 27.8. The van der Waals surface area contributed by atoms with Crippen LogP contribution < -0.4 is 5.73 Å². The molecule has 0 bridgehead atoms. The molecule has 2 saturated heterocycles. The van der Waals surface area contributed by atoms with Crippen molar-refractivity contribution in [2.24, 2.45) is 76.7 Å². The number of aromatic nitrogens is 1. The van der Waals surface area contributed by atoms with Gasteiger partial charge in [-0.15, -0.1) is 11.3 Å². The van der Waals surface area contributed by atoms with Gasteiger partial charge in [-0.05, 0) is 135 Å². The topological polar surface area (TPSA) is 284 Å². The first-order valence-electron chi connectivity index (χ1n) is 33.2. The van der Waals surface area contributed by atoms with Crippen LogP contribution in [0.5, 0.6) is 0 Å². The van der Waals surface area contributed by atoms with Gasteiger partial charge in [-0.25, -0.2) is 24.2 Å². The Bertz CT molecular complexity index is 2900. The smallest absolute Gasteiger partial charge is 0.433 e. The largest absolute Gasteiger partial charge is 0.456 e. The number of carbonyl (C=O) groups is 8. The highest BCUT2D eigenvalue weighted by Crippen LogP contribution is 2.40. The summed E-state index contributed by atoms with van der Waals surface area (Å²) < 4.78 is 32.5. The van der Waals surface area contributed by atoms with E-state index in [2.05, 4.69) is 88.1 Å². The molecule has 92 heavy (non-hydrogen) atoms. The quantitative estimate of drug-likeness (QED) is 0.0516. The minimum atomic E-state index is -0.999. The van der Waals surface area contributed by atoms with Gasteiger partial charge >= 0.3 is 47.5 Å². The highest BCUT2D eigenvalue weighted by Gasteiger charge is 2.41. The van der Waals surface area contributed by atoms with Crippen LogP contribution in [0.1, 0.15) is 197 Å². The molecule has 6 fully saturated rings. The molecule has 4 saturated carbocycles. The average molecular weight is 1300 g/mol. The Kier molecular flexibility index (Phi) is 30.0. The number of thiazole rings is 1. The number of hydrogen-bond acceptors (Lipinski definition) is 18. The molecule has 512 valence electrons. The number of Topliss-reactive ketones (excluding diaryl/α,β-unsaturated/α-hetero) is 1. The maximum atomic E-state index is 12.9. The number of nitrogens with two attached hydrogens (primary N) is 1. The third-order valence-corrected chi connectivity index (χ3v) is 20.0. The lowest BCUT2D eigenvalue weighted by atomic mass is 9.75. The molecule has 2 aliphatic heterocycles. The molecule has 22 heteroatoms. The lowest BCUT2D eigenvalue weighted by Crippen LogP contribution is -2.48. The van der Waals surface area contributed by atoms with Gasteiger partial charge in [0.1, 0.15) is 40.6 Å². The van der Waals surface area contributed by atoms with E-state index in [9.17, 15) is 48.5 Å². The third-order valence-electron chi connectivity index (χ3n) is 19.2. The second-order valence-corrected chi connectivity index (χ2v) is 28.7. The number of nitro groups is 1. The van der Waals surface area contributed by atoms with Crippen LogP contribution in [0, 0.1) is 81.1 Å². The second kappa shape index (κ2) is 36.2. The van der Waals surface area contributed by atoms with Gasteiger partial charge in [-0.2, -0.15) is 0 Å². The van der Waals surface area contributed by atoms with Crippen LogP contribution in [0.4, 0.5) is 5.88 Å². The molecule has 13 atom stereocenters. The number of ether oxygens (including phenoxy) is 5. The highest BCUT2D eigenvalue weighted by atomic mass is 32.1. The Hall–Kier alpha value is -6.55.